The number of nitrogens with one attached hydrogen (secondary N) is 1. The summed E-state index contributed by atoms with van der Waals surface area (Å²) < 4.78 is 0. The van der Waals surface area contributed by atoms with Crippen molar-refractivity contribution in [2.24, 2.45) is 11.8 Å². The number of rotatable bonds is 5. The van der Waals surface area contributed by atoms with E-state index < -0.39 is 6.09 Å². The van der Waals surface area contributed by atoms with Crippen LogP contribution in [0.1, 0.15) is 37.3 Å². The van der Waals surface area contributed by atoms with E-state index in [9.17, 15) is 4.79 Å². The Bertz CT molecular complexity index is 439. The smallest absolute Gasteiger partial charge is 0.404 e. The van der Waals surface area contributed by atoms with Gasteiger partial charge < -0.3 is 15.3 Å². The van der Waals surface area contributed by atoms with E-state index in [4.69, 9.17) is 5.11 Å². The highest BCUT2D eigenvalue weighted by molar-refractivity contribution is 5.64. The molecule has 1 saturated carbocycles. The predicted octanol–water partition coefficient (Wildman–Crippen LogP) is 3.36. The molecular formula is C17H26N2O2. The molecule has 0 bridgehead atoms. The van der Waals surface area contributed by atoms with Crippen molar-refractivity contribution in [2.45, 2.75) is 31.7 Å². The summed E-state index contributed by atoms with van der Waals surface area (Å²) in [5.74, 6) is 1.15. The van der Waals surface area contributed by atoms with E-state index in [0.29, 0.717) is 24.4 Å². The number of nitrogens with zero attached hydrogens (tertiary/aromatic N) is 1. The van der Waals surface area contributed by atoms with Gasteiger partial charge in [0, 0.05) is 12.6 Å². The molecule has 0 aliphatic heterocycles. The van der Waals surface area contributed by atoms with Crippen LogP contribution in [0.2, 0.25) is 0 Å². The number of hydrogen-bond donors (Lipinski definition) is 2. The lowest BCUT2D eigenvalue weighted by atomic mass is 9.76. The zero-order valence-corrected chi connectivity index (χ0v) is 13.0. The normalized spacial score (nSPS) is 23.8. The number of carbonyl (C=O) groups is 1. The van der Waals surface area contributed by atoms with Crippen LogP contribution in [0.15, 0.2) is 30.3 Å². The lowest BCUT2D eigenvalue weighted by molar-refractivity contribution is 0.146. The molecule has 1 atom stereocenters. The van der Waals surface area contributed by atoms with Crippen LogP contribution < -0.4 is 5.32 Å². The Morgan fingerprint density at radius 1 is 1.24 bits per heavy atom. The van der Waals surface area contributed by atoms with Crippen LogP contribution >= 0.6 is 0 Å². The maximum Gasteiger partial charge on any atom is 0.404 e. The Hall–Kier alpha value is -1.55. The quantitative estimate of drug-likeness (QED) is 0.874. The fraction of sp³-hybridized carbons (Fsp3) is 0.588. The highest BCUT2D eigenvalue weighted by Crippen LogP contribution is 2.39. The predicted molar refractivity (Wildman–Crippen MR) is 84.3 cm³/mol. The van der Waals surface area contributed by atoms with Gasteiger partial charge in [0.15, 0.2) is 0 Å². The molecule has 21 heavy (non-hydrogen) atoms. The summed E-state index contributed by atoms with van der Waals surface area (Å²) in [7, 11) is 4.30. The molecule has 1 fully saturated rings. The fourth-order valence-corrected chi connectivity index (χ4v) is 3.58. The molecule has 1 aliphatic rings. The minimum Gasteiger partial charge on any atom is -0.465 e. The Kier molecular flexibility index (Phi) is 5.62. The van der Waals surface area contributed by atoms with Crippen LogP contribution in [-0.4, -0.2) is 36.7 Å². The van der Waals surface area contributed by atoms with Gasteiger partial charge in [0.05, 0.1) is 0 Å². The van der Waals surface area contributed by atoms with E-state index >= 15 is 0 Å². The summed E-state index contributed by atoms with van der Waals surface area (Å²) in [5.41, 5.74) is 1.38. The second kappa shape index (κ2) is 7.46. The van der Waals surface area contributed by atoms with Crippen LogP contribution in [-0.2, 0) is 0 Å². The van der Waals surface area contributed by atoms with Crippen molar-refractivity contribution >= 4 is 6.09 Å². The first-order chi connectivity index (χ1) is 10.1. The monoisotopic (exact) mass is 290 g/mol. The third kappa shape index (κ3) is 4.46. The van der Waals surface area contributed by atoms with Crippen LogP contribution in [0.4, 0.5) is 4.79 Å². The first kappa shape index (κ1) is 15.8. The van der Waals surface area contributed by atoms with Gasteiger partial charge in [0.2, 0.25) is 0 Å². The topological polar surface area (TPSA) is 52.6 Å². The van der Waals surface area contributed by atoms with E-state index in [1.165, 1.54) is 18.4 Å². The molecule has 1 unspecified atom stereocenters. The summed E-state index contributed by atoms with van der Waals surface area (Å²) in [6.45, 7) is 0.597. The van der Waals surface area contributed by atoms with E-state index in [2.05, 4.69) is 54.6 Å². The minimum atomic E-state index is -0.910. The van der Waals surface area contributed by atoms with Crippen LogP contribution in [0.25, 0.3) is 0 Å². The molecule has 116 valence electrons. The Balaban J connectivity index is 1.94. The van der Waals surface area contributed by atoms with Gasteiger partial charge in [-0.1, -0.05) is 30.3 Å². The molecule has 1 amide bonds. The second-order valence-corrected chi connectivity index (χ2v) is 6.29. The molecule has 1 aliphatic carbocycles. The third-order valence-electron chi connectivity index (χ3n) is 4.58. The molecule has 2 N–H and O–H groups in total. The summed E-state index contributed by atoms with van der Waals surface area (Å²) in [6, 6.07) is 11.2. The number of benzene rings is 1. The largest absolute Gasteiger partial charge is 0.465 e. The molecule has 4 heteroatoms. The maximum absolute atomic E-state index is 10.6. The van der Waals surface area contributed by atoms with Gasteiger partial charge in [-0.25, -0.2) is 4.79 Å². The third-order valence-corrected chi connectivity index (χ3v) is 4.58. The SMILES string of the molecule is CN(C)C(c1ccccc1)C1CCC(CNC(=O)O)CC1. The molecule has 0 spiro atoms. The molecule has 2 rings (SSSR count). The lowest BCUT2D eigenvalue weighted by Crippen LogP contribution is -2.34. The van der Waals surface area contributed by atoms with Gasteiger partial charge in [-0.15, -0.1) is 0 Å². The summed E-state index contributed by atoms with van der Waals surface area (Å²) in [4.78, 5) is 12.9. The van der Waals surface area contributed by atoms with E-state index in [0.717, 1.165) is 12.8 Å². The average molecular weight is 290 g/mol. The van der Waals surface area contributed by atoms with Crippen LogP contribution in [0, 0.1) is 11.8 Å². The molecule has 0 saturated heterocycles. The van der Waals surface area contributed by atoms with Gasteiger partial charge >= 0.3 is 6.09 Å². The van der Waals surface area contributed by atoms with Crippen molar-refractivity contribution in [1.82, 2.24) is 10.2 Å². The van der Waals surface area contributed by atoms with Gasteiger partial charge in [-0.2, -0.15) is 0 Å². The highest BCUT2D eigenvalue weighted by Gasteiger charge is 2.29. The number of carboxylic acid groups (broad SMARTS) is 1. The van der Waals surface area contributed by atoms with Crippen LogP contribution in [0.5, 0.6) is 0 Å². The van der Waals surface area contributed by atoms with E-state index in [1.807, 2.05) is 0 Å². The highest BCUT2D eigenvalue weighted by atomic mass is 16.4. The summed E-state index contributed by atoms with van der Waals surface area (Å²) in [5, 5.41) is 11.2. The molecular weight excluding hydrogens is 264 g/mol. The Labute approximate surface area is 127 Å². The van der Waals surface area contributed by atoms with E-state index in [1.54, 1.807) is 0 Å². The van der Waals surface area contributed by atoms with Crippen molar-refractivity contribution < 1.29 is 9.90 Å². The minimum absolute atomic E-state index is 0.458. The van der Waals surface area contributed by atoms with Gasteiger partial charge in [0.1, 0.15) is 0 Å². The van der Waals surface area contributed by atoms with Crippen molar-refractivity contribution in [3.05, 3.63) is 35.9 Å². The van der Waals surface area contributed by atoms with Crippen molar-refractivity contribution in [3.63, 3.8) is 0 Å². The Morgan fingerprint density at radius 2 is 1.86 bits per heavy atom. The average Bonchev–Trinajstić information content (AvgIpc) is 2.47. The summed E-state index contributed by atoms with van der Waals surface area (Å²) in [6.07, 6.45) is 3.66. The first-order valence-corrected chi connectivity index (χ1v) is 7.76. The summed E-state index contributed by atoms with van der Waals surface area (Å²) >= 11 is 0. The van der Waals surface area contributed by atoms with Crippen molar-refractivity contribution in [1.29, 1.82) is 0 Å². The maximum atomic E-state index is 10.6. The van der Waals surface area contributed by atoms with Gasteiger partial charge in [-0.3, -0.25) is 0 Å². The van der Waals surface area contributed by atoms with E-state index in [-0.39, 0.29) is 0 Å². The van der Waals surface area contributed by atoms with Gasteiger partial charge in [-0.05, 0) is 57.2 Å². The second-order valence-electron chi connectivity index (χ2n) is 6.29. The Morgan fingerprint density at radius 3 is 2.38 bits per heavy atom. The molecule has 4 nitrogen and oxygen atoms in total. The fourth-order valence-electron chi connectivity index (χ4n) is 3.58. The number of hydrogen-bond acceptors (Lipinski definition) is 2. The standard InChI is InChI=1S/C17H26N2O2/c1-19(2)16(14-6-4-3-5-7-14)15-10-8-13(9-11-15)12-18-17(20)21/h3-7,13,15-16,18H,8-12H2,1-2H3,(H,20,21). The van der Waals surface area contributed by atoms with Crippen molar-refractivity contribution in [2.75, 3.05) is 20.6 Å². The molecule has 1 aromatic rings. The van der Waals surface area contributed by atoms with Crippen molar-refractivity contribution in [3.8, 4) is 0 Å². The molecule has 0 aromatic heterocycles. The zero-order chi connectivity index (χ0) is 15.2. The zero-order valence-electron chi connectivity index (χ0n) is 13.0. The molecule has 0 radical (unpaired) electrons. The first-order valence-electron chi connectivity index (χ1n) is 7.76. The lowest BCUT2D eigenvalue weighted by Gasteiger charge is -2.37. The molecule has 1 aromatic carbocycles. The molecule has 0 heterocycles. The number of amides is 1. The van der Waals surface area contributed by atoms with Crippen LogP contribution in [0.3, 0.4) is 0 Å². The van der Waals surface area contributed by atoms with Gasteiger partial charge in [0.25, 0.3) is 0 Å².